The summed E-state index contributed by atoms with van der Waals surface area (Å²) < 4.78 is 5.37. The SMILES string of the molecule is CCOC(=O)C1=C(CN2CCCCC2)N(C)C(=O)N[C@@H]1c1cccc(C)c1. The number of nitrogens with one attached hydrogen (secondary N) is 1. The smallest absolute Gasteiger partial charge is 0.338 e. The van der Waals surface area contributed by atoms with Crippen molar-refractivity contribution in [3.8, 4) is 0 Å². The van der Waals surface area contributed by atoms with Crippen molar-refractivity contribution in [3.05, 3.63) is 46.7 Å². The van der Waals surface area contributed by atoms with E-state index in [0.29, 0.717) is 18.7 Å². The van der Waals surface area contributed by atoms with E-state index in [-0.39, 0.29) is 12.0 Å². The first-order valence-electron chi connectivity index (χ1n) is 9.74. The first kappa shape index (κ1) is 19.4. The first-order chi connectivity index (χ1) is 13.0. The Labute approximate surface area is 161 Å². The van der Waals surface area contributed by atoms with Crippen LogP contribution in [0.4, 0.5) is 4.79 Å². The minimum absolute atomic E-state index is 0.193. The standard InChI is InChI=1S/C21H29N3O3/c1-4-27-20(25)18-17(14-24-11-6-5-7-12-24)23(3)21(26)22-19(18)16-10-8-9-15(2)13-16/h8-10,13,19H,4-7,11-12,14H2,1-3H3,(H,22,26)/t19-/m1/s1. The van der Waals surface area contributed by atoms with Crippen molar-refractivity contribution in [1.29, 1.82) is 0 Å². The number of carbonyl (C=O) groups excluding carboxylic acids is 2. The lowest BCUT2D eigenvalue weighted by Gasteiger charge is -2.37. The van der Waals surface area contributed by atoms with E-state index in [1.165, 1.54) is 6.42 Å². The normalized spacial score (nSPS) is 21.2. The predicted octanol–water partition coefficient (Wildman–Crippen LogP) is 2.99. The number of likely N-dealkylation sites (tertiary alicyclic amines) is 1. The van der Waals surface area contributed by atoms with Gasteiger partial charge in [0.15, 0.2) is 0 Å². The summed E-state index contributed by atoms with van der Waals surface area (Å²) in [5.41, 5.74) is 3.26. The number of amides is 2. The van der Waals surface area contributed by atoms with E-state index < -0.39 is 6.04 Å². The van der Waals surface area contributed by atoms with Crippen LogP contribution in [-0.4, -0.2) is 55.1 Å². The summed E-state index contributed by atoms with van der Waals surface area (Å²) in [6.45, 7) is 6.67. The van der Waals surface area contributed by atoms with Crippen molar-refractivity contribution in [3.63, 3.8) is 0 Å². The fourth-order valence-corrected chi connectivity index (χ4v) is 3.83. The molecule has 6 nitrogen and oxygen atoms in total. The summed E-state index contributed by atoms with van der Waals surface area (Å²) in [7, 11) is 1.72. The number of likely N-dealkylation sites (N-methyl/N-ethyl adjacent to an activating group) is 1. The number of carbonyl (C=O) groups is 2. The zero-order chi connectivity index (χ0) is 19.4. The van der Waals surface area contributed by atoms with Gasteiger partial charge in [-0.15, -0.1) is 0 Å². The van der Waals surface area contributed by atoms with E-state index in [9.17, 15) is 9.59 Å². The van der Waals surface area contributed by atoms with Crippen LogP contribution in [0.1, 0.15) is 43.4 Å². The minimum atomic E-state index is -0.493. The maximum absolute atomic E-state index is 12.9. The van der Waals surface area contributed by atoms with Gasteiger partial charge in [-0.3, -0.25) is 9.80 Å². The van der Waals surface area contributed by atoms with E-state index in [0.717, 1.165) is 42.8 Å². The maximum Gasteiger partial charge on any atom is 0.338 e. The molecule has 1 aromatic carbocycles. The topological polar surface area (TPSA) is 61.9 Å². The molecule has 0 bridgehead atoms. The lowest BCUT2D eigenvalue weighted by Crippen LogP contribution is -2.49. The highest BCUT2D eigenvalue weighted by atomic mass is 16.5. The Kier molecular flexibility index (Phi) is 6.16. The molecule has 1 aromatic rings. The van der Waals surface area contributed by atoms with Crippen molar-refractivity contribution in [2.75, 3.05) is 33.3 Å². The maximum atomic E-state index is 12.9. The van der Waals surface area contributed by atoms with Crippen molar-refractivity contribution < 1.29 is 14.3 Å². The van der Waals surface area contributed by atoms with Gasteiger partial charge in [0.2, 0.25) is 0 Å². The highest BCUT2D eigenvalue weighted by Crippen LogP contribution is 2.32. The summed E-state index contributed by atoms with van der Waals surface area (Å²) in [4.78, 5) is 29.4. The molecule has 0 saturated carbocycles. The van der Waals surface area contributed by atoms with Crippen LogP contribution in [0, 0.1) is 6.92 Å². The van der Waals surface area contributed by atoms with Crippen molar-refractivity contribution in [2.45, 2.75) is 39.2 Å². The molecule has 1 atom stereocenters. The molecule has 27 heavy (non-hydrogen) atoms. The van der Waals surface area contributed by atoms with Gasteiger partial charge in [-0.2, -0.15) is 0 Å². The Bertz CT molecular complexity index is 738. The van der Waals surface area contributed by atoms with E-state index in [1.54, 1.807) is 18.9 Å². The second-order valence-electron chi connectivity index (χ2n) is 7.27. The average Bonchev–Trinajstić information content (AvgIpc) is 2.66. The quantitative estimate of drug-likeness (QED) is 0.809. The third-order valence-corrected chi connectivity index (χ3v) is 5.27. The highest BCUT2D eigenvalue weighted by molar-refractivity contribution is 5.95. The molecule has 2 amide bonds. The van der Waals surface area contributed by atoms with Gasteiger partial charge in [-0.25, -0.2) is 9.59 Å². The van der Waals surface area contributed by atoms with Crippen molar-refractivity contribution >= 4 is 12.0 Å². The molecule has 2 aliphatic heterocycles. The average molecular weight is 371 g/mol. The van der Waals surface area contributed by atoms with E-state index in [2.05, 4.69) is 10.2 Å². The van der Waals surface area contributed by atoms with Gasteiger partial charge in [0.1, 0.15) is 0 Å². The Morgan fingerprint density at radius 2 is 2.00 bits per heavy atom. The minimum Gasteiger partial charge on any atom is -0.463 e. The summed E-state index contributed by atoms with van der Waals surface area (Å²) >= 11 is 0. The fraction of sp³-hybridized carbons (Fsp3) is 0.524. The number of hydrogen-bond acceptors (Lipinski definition) is 4. The Balaban J connectivity index is 2.04. The van der Waals surface area contributed by atoms with E-state index >= 15 is 0 Å². The molecular weight excluding hydrogens is 342 g/mol. The summed E-state index contributed by atoms with van der Waals surface area (Å²) in [5, 5.41) is 2.98. The molecule has 0 radical (unpaired) electrons. The number of urea groups is 1. The Hall–Kier alpha value is -2.34. The lowest BCUT2D eigenvalue weighted by molar-refractivity contribution is -0.139. The zero-order valence-corrected chi connectivity index (χ0v) is 16.5. The van der Waals surface area contributed by atoms with Crippen LogP contribution in [0.15, 0.2) is 35.5 Å². The van der Waals surface area contributed by atoms with E-state index in [1.807, 2.05) is 31.2 Å². The summed E-state index contributed by atoms with van der Waals surface area (Å²) in [6.07, 6.45) is 3.54. The van der Waals surface area contributed by atoms with Gasteiger partial charge in [-0.05, 0) is 45.3 Å². The van der Waals surface area contributed by atoms with Gasteiger partial charge < -0.3 is 10.1 Å². The van der Waals surface area contributed by atoms with Gasteiger partial charge in [0.25, 0.3) is 0 Å². The van der Waals surface area contributed by atoms with Crippen molar-refractivity contribution in [2.24, 2.45) is 0 Å². The number of ether oxygens (including phenoxy) is 1. The third-order valence-electron chi connectivity index (χ3n) is 5.27. The van der Waals surface area contributed by atoms with Gasteiger partial charge in [0.05, 0.1) is 18.2 Å². The molecule has 3 rings (SSSR count). The number of esters is 1. The molecule has 0 unspecified atom stereocenters. The number of hydrogen-bond donors (Lipinski definition) is 1. The van der Waals surface area contributed by atoms with Gasteiger partial charge in [-0.1, -0.05) is 36.2 Å². The molecule has 2 aliphatic rings. The second-order valence-corrected chi connectivity index (χ2v) is 7.27. The molecular formula is C21H29N3O3. The van der Waals surface area contributed by atoms with Gasteiger partial charge in [0, 0.05) is 19.3 Å². The monoisotopic (exact) mass is 371 g/mol. The number of piperidine rings is 1. The molecule has 0 aliphatic carbocycles. The molecule has 0 aromatic heterocycles. The number of benzene rings is 1. The predicted molar refractivity (Wildman–Crippen MR) is 104 cm³/mol. The fourth-order valence-electron chi connectivity index (χ4n) is 3.83. The number of rotatable bonds is 5. The molecule has 1 saturated heterocycles. The van der Waals surface area contributed by atoms with Crippen LogP contribution in [0.3, 0.4) is 0 Å². The lowest BCUT2D eigenvalue weighted by atomic mass is 9.93. The molecule has 1 fully saturated rings. The largest absolute Gasteiger partial charge is 0.463 e. The van der Waals surface area contributed by atoms with Crippen LogP contribution in [-0.2, 0) is 9.53 Å². The van der Waals surface area contributed by atoms with Crippen LogP contribution in [0.25, 0.3) is 0 Å². The van der Waals surface area contributed by atoms with Gasteiger partial charge >= 0.3 is 12.0 Å². The molecule has 2 heterocycles. The second kappa shape index (κ2) is 8.57. The summed E-state index contributed by atoms with van der Waals surface area (Å²) in [6, 6.07) is 7.22. The summed E-state index contributed by atoms with van der Waals surface area (Å²) in [5.74, 6) is -0.358. The molecule has 1 N–H and O–H groups in total. The molecule has 0 spiro atoms. The van der Waals surface area contributed by atoms with Crippen LogP contribution < -0.4 is 5.32 Å². The van der Waals surface area contributed by atoms with Crippen molar-refractivity contribution in [1.82, 2.24) is 15.1 Å². The third kappa shape index (κ3) is 4.33. The zero-order valence-electron chi connectivity index (χ0n) is 16.5. The van der Waals surface area contributed by atoms with E-state index in [4.69, 9.17) is 4.74 Å². The number of aryl methyl sites for hydroxylation is 1. The Morgan fingerprint density at radius 1 is 1.26 bits per heavy atom. The Morgan fingerprint density at radius 3 is 2.67 bits per heavy atom. The number of nitrogens with zero attached hydrogens (tertiary/aromatic N) is 2. The van der Waals surface area contributed by atoms with Crippen LogP contribution in [0.2, 0.25) is 0 Å². The van der Waals surface area contributed by atoms with Crippen LogP contribution in [0.5, 0.6) is 0 Å². The van der Waals surface area contributed by atoms with Crippen LogP contribution >= 0.6 is 0 Å². The molecule has 146 valence electrons. The highest BCUT2D eigenvalue weighted by Gasteiger charge is 2.37. The first-order valence-corrected chi connectivity index (χ1v) is 9.74. The molecule has 6 heteroatoms.